The summed E-state index contributed by atoms with van der Waals surface area (Å²) in [5.74, 6) is 0.354. The van der Waals surface area contributed by atoms with E-state index in [1.165, 1.54) is 0 Å². The number of carbonyl (C=O) groups is 2. The van der Waals surface area contributed by atoms with Gasteiger partial charge >= 0.3 is 5.97 Å². The van der Waals surface area contributed by atoms with Crippen LogP contribution in [-0.4, -0.2) is 25.1 Å². The highest BCUT2D eigenvalue weighted by atomic mass is 16.5. The number of para-hydroxylation sites is 1. The number of rotatable bonds is 7. The van der Waals surface area contributed by atoms with Gasteiger partial charge in [-0.1, -0.05) is 52.8 Å². The third-order valence-corrected chi connectivity index (χ3v) is 4.01. The van der Waals surface area contributed by atoms with Crippen molar-refractivity contribution < 1.29 is 19.1 Å². The quantitative estimate of drug-likeness (QED) is 0.697. The van der Waals surface area contributed by atoms with E-state index in [4.69, 9.17) is 9.47 Å². The molecule has 28 heavy (non-hydrogen) atoms. The molecule has 2 rings (SSSR count). The van der Waals surface area contributed by atoms with Crippen LogP contribution in [0.4, 0.5) is 5.69 Å². The minimum Gasteiger partial charge on any atom is -0.483 e. The molecule has 0 aromatic heterocycles. The van der Waals surface area contributed by atoms with Gasteiger partial charge in [-0.15, -0.1) is 0 Å². The summed E-state index contributed by atoms with van der Waals surface area (Å²) in [5.41, 5.74) is 2.02. The molecule has 0 unspecified atom stereocenters. The monoisotopic (exact) mass is 383 g/mol. The van der Waals surface area contributed by atoms with Crippen molar-refractivity contribution in [2.45, 2.75) is 40.0 Å². The molecule has 0 saturated heterocycles. The van der Waals surface area contributed by atoms with E-state index in [0.717, 1.165) is 5.56 Å². The highest BCUT2D eigenvalue weighted by molar-refractivity contribution is 5.93. The normalized spacial score (nSPS) is 11.2. The van der Waals surface area contributed by atoms with Crippen molar-refractivity contribution in [1.82, 2.24) is 0 Å². The van der Waals surface area contributed by atoms with Gasteiger partial charge in [0.2, 0.25) is 0 Å². The van der Waals surface area contributed by atoms with Crippen LogP contribution in [0.3, 0.4) is 0 Å². The number of esters is 1. The number of carbonyl (C=O) groups excluding carboxylic acids is 2. The van der Waals surface area contributed by atoms with Crippen LogP contribution in [0.5, 0.6) is 5.75 Å². The molecule has 0 radical (unpaired) electrons. The Balaban J connectivity index is 1.91. The van der Waals surface area contributed by atoms with Gasteiger partial charge in [-0.2, -0.15) is 0 Å². The Kier molecular flexibility index (Phi) is 7.21. The van der Waals surface area contributed by atoms with Gasteiger partial charge in [0.05, 0.1) is 12.2 Å². The van der Waals surface area contributed by atoms with Crippen LogP contribution >= 0.6 is 0 Å². The van der Waals surface area contributed by atoms with Crippen LogP contribution < -0.4 is 10.1 Å². The smallest absolute Gasteiger partial charge is 0.338 e. The molecular formula is C23H29NO4. The second-order valence-electron chi connectivity index (χ2n) is 8.15. The largest absolute Gasteiger partial charge is 0.483 e. The van der Waals surface area contributed by atoms with Crippen LogP contribution in [0, 0.1) is 5.92 Å². The zero-order valence-electron chi connectivity index (χ0n) is 17.2. The number of hydrogen-bond acceptors (Lipinski definition) is 4. The molecule has 0 spiro atoms. The molecule has 2 aromatic rings. The fraction of sp³-hybridized carbons (Fsp3) is 0.391. The first kappa shape index (κ1) is 21.5. The lowest BCUT2D eigenvalue weighted by atomic mass is 9.86. The van der Waals surface area contributed by atoms with Crippen molar-refractivity contribution in [3.05, 3.63) is 59.7 Å². The molecule has 0 aliphatic heterocycles. The van der Waals surface area contributed by atoms with E-state index >= 15 is 0 Å². The van der Waals surface area contributed by atoms with Gasteiger partial charge in [0.15, 0.2) is 6.61 Å². The first-order valence-corrected chi connectivity index (χ1v) is 9.46. The molecule has 0 bridgehead atoms. The van der Waals surface area contributed by atoms with Gasteiger partial charge < -0.3 is 14.8 Å². The Hall–Kier alpha value is -2.82. The molecule has 0 aliphatic rings. The molecule has 0 aliphatic carbocycles. The van der Waals surface area contributed by atoms with Gasteiger partial charge in [0, 0.05) is 5.69 Å². The molecule has 150 valence electrons. The summed E-state index contributed by atoms with van der Waals surface area (Å²) in [6.45, 7) is 10.5. The fourth-order valence-electron chi connectivity index (χ4n) is 2.57. The van der Waals surface area contributed by atoms with E-state index in [0.29, 0.717) is 23.6 Å². The highest BCUT2D eigenvalue weighted by Crippen LogP contribution is 2.30. The van der Waals surface area contributed by atoms with Crippen LogP contribution in [-0.2, 0) is 14.9 Å². The first-order valence-electron chi connectivity index (χ1n) is 9.46. The Bertz CT molecular complexity index is 804. The van der Waals surface area contributed by atoms with E-state index in [9.17, 15) is 9.59 Å². The average Bonchev–Trinajstić information content (AvgIpc) is 2.64. The predicted octanol–water partition coefficient (Wildman–Crippen LogP) is 4.81. The second kappa shape index (κ2) is 9.40. The van der Waals surface area contributed by atoms with Gasteiger partial charge in [0.1, 0.15) is 5.75 Å². The van der Waals surface area contributed by atoms with Crippen molar-refractivity contribution in [1.29, 1.82) is 0 Å². The average molecular weight is 383 g/mol. The lowest BCUT2D eigenvalue weighted by molar-refractivity contribution is -0.118. The standard InChI is InChI=1S/C23H29NO4/c1-16(2)14-28-22(26)17-10-12-18(13-11-17)24-21(25)15-27-20-9-7-6-8-19(20)23(3,4)5/h6-13,16H,14-15H2,1-5H3,(H,24,25). The molecule has 1 N–H and O–H groups in total. The molecule has 0 fully saturated rings. The van der Waals surface area contributed by atoms with Crippen molar-refractivity contribution in [3.63, 3.8) is 0 Å². The number of hydrogen-bond donors (Lipinski definition) is 1. The zero-order valence-corrected chi connectivity index (χ0v) is 17.2. The molecule has 1 amide bonds. The van der Waals surface area contributed by atoms with E-state index in [1.807, 2.05) is 38.1 Å². The summed E-state index contributed by atoms with van der Waals surface area (Å²) >= 11 is 0. The SMILES string of the molecule is CC(C)COC(=O)c1ccc(NC(=O)COc2ccccc2C(C)(C)C)cc1. The predicted molar refractivity (Wildman–Crippen MR) is 111 cm³/mol. The third-order valence-electron chi connectivity index (χ3n) is 4.01. The summed E-state index contributed by atoms with van der Waals surface area (Å²) in [7, 11) is 0. The Labute approximate surface area is 167 Å². The molecule has 0 atom stereocenters. The van der Waals surface area contributed by atoms with Gasteiger partial charge in [0.25, 0.3) is 5.91 Å². The number of ether oxygens (including phenoxy) is 2. The minimum atomic E-state index is -0.367. The highest BCUT2D eigenvalue weighted by Gasteiger charge is 2.19. The first-order chi connectivity index (χ1) is 13.2. The third kappa shape index (κ3) is 6.41. The lowest BCUT2D eigenvalue weighted by Crippen LogP contribution is -2.22. The molecule has 0 saturated carbocycles. The van der Waals surface area contributed by atoms with E-state index < -0.39 is 0 Å². The number of anilines is 1. The van der Waals surface area contributed by atoms with E-state index in [2.05, 4.69) is 26.1 Å². The maximum atomic E-state index is 12.2. The summed E-state index contributed by atoms with van der Waals surface area (Å²) in [5, 5.41) is 2.77. The fourth-order valence-corrected chi connectivity index (χ4v) is 2.57. The molecule has 5 heteroatoms. The van der Waals surface area contributed by atoms with Crippen molar-refractivity contribution in [2.24, 2.45) is 5.92 Å². The Morgan fingerprint density at radius 2 is 1.64 bits per heavy atom. The van der Waals surface area contributed by atoms with Crippen molar-refractivity contribution >= 4 is 17.6 Å². The van der Waals surface area contributed by atoms with Crippen LogP contribution in [0.25, 0.3) is 0 Å². The van der Waals surface area contributed by atoms with Gasteiger partial charge in [-0.25, -0.2) is 4.79 Å². The summed E-state index contributed by atoms with van der Waals surface area (Å²) < 4.78 is 10.9. The lowest BCUT2D eigenvalue weighted by Gasteiger charge is -2.22. The molecule has 0 heterocycles. The maximum absolute atomic E-state index is 12.2. The number of nitrogens with one attached hydrogen (secondary N) is 1. The topological polar surface area (TPSA) is 64.6 Å². The van der Waals surface area contributed by atoms with Crippen LogP contribution in [0.15, 0.2) is 48.5 Å². The second-order valence-corrected chi connectivity index (χ2v) is 8.15. The molecule has 2 aromatic carbocycles. The van der Waals surface area contributed by atoms with Crippen LogP contribution in [0.1, 0.15) is 50.5 Å². The Morgan fingerprint density at radius 3 is 2.25 bits per heavy atom. The number of benzene rings is 2. The van der Waals surface area contributed by atoms with E-state index in [-0.39, 0.29) is 29.8 Å². The summed E-state index contributed by atoms with van der Waals surface area (Å²) in [6.07, 6.45) is 0. The minimum absolute atomic E-state index is 0.0763. The van der Waals surface area contributed by atoms with E-state index in [1.54, 1.807) is 24.3 Å². The Morgan fingerprint density at radius 1 is 1.00 bits per heavy atom. The van der Waals surface area contributed by atoms with Crippen LogP contribution in [0.2, 0.25) is 0 Å². The summed E-state index contributed by atoms with van der Waals surface area (Å²) in [4.78, 5) is 24.1. The zero-order chi connectivity index (χ0) is 20.7. The summed E-state index contributed by atoms with van der Waals surface area (Å²) in [6, 6.07) is 14.3. The molecular weight excluding hydrogens is 354 g/mol. The van der Waals surface area contributed by atoms with Crippen molar-refractivity contribution in [2.75, 3.05) is 18.5 Å². The van der Waals surface area contributed by atoms with Gasteiger partial charge in [-0.05, 0) is 47.2 Å². The van der Waals surface area contributed by atoms with Gasteiger partial charge in [-0.3, -0.25) is 4.79 Å². The number of amides is 1. The van der Waals surface area contributed by atoms with Crippen molar-refractivity contribution in [3.8, 4) is 5.75 Å². The molecule has 5 nitrogen and oxygen atoms in total. The maximum Gasteiger partial charge on any atom is 0.338 e.